The molecule has 24 heavy (non-hydrogen) atoms. The van der Waals surface area contributed by atoms with Crippen molar-refractivity contribution in [3.63, 3.8) is 0 Å². The fourth-order valence-corrected chi connectivity index (χ4v) is 3.70. The van der Waals surface area contributed by atoms with Gasteiger partial charge in [0.15, 0.2) is 5.65 Å². The zero-order valence-electron chi connectivity index (χ0n) is 14.2. The molecule has 0 saturated carbocycles. The second kappa shape index (κ2) is 6.24. The highest BCUT2D eigenvalue weighted by Crippen LogP contribution is 2.20. The summed E-state index contributed by atoms with van der Waals surface area (Å²) < 4.78 is 1.41. The standard InChI is InChI=1S/C17H20N4O2S/c1-9-5-6-24-13(9)8-18-14(22)7-12-10(2)15-16(19-11(12)3)20-21(4)17(15)23/h5-6H,7-8H2,1-4H3,(H,18,22)(H,19,20). The maximum Gasteiger partial charge on any atom is 0.276 e. The Balaban J connectivity index is 1.84. The summed E-state index contributed by atoms with van der Waals surface area (Å²) in [5, 5.41) is 8.46. The summed E-state index contributed by atoms with van der Waals surface area (Å²) in [6.07, 6.45) is 0.222. The third-order valence-corrected chi connectivity index (χ3v) is 5.35. The van der Waals surface area contributed by atoms with E-state index in [1.807, 2.05) is 32.2 Å². The Morgan fingerprint density at radius 2 is 2.12 bits per heavy atom. The Kier molecular flexibility index (Phi) is 4.28. The summed E-state index contributed by atoms with van der Waals surface area (Å²) in [7, 11) is 1.66. The van der Waals surface area contributed by atoms with E-state index in [1.54, 1.807) is 18.4 Å². The zero-order valence-corrected chi connectivity index (χ0v) is 15.0. The van der Waals surface area contributed by atoms with Crippen molar-refractivity contribution in [2.24, 2.45) is 7.05 Å². The van der Waals surface area contributed by atoms with Crippen LogP contribution in [0.2, 0.25) is 0 Å². The lowest BCUT2D eigenvalue weighted by Gasteiger charge is -2.10. The van der Waals surface area contributed by atoms with Gasteiger partial charge in [-0.3, -0.25) is 19.4 Å². The number of rotatable bonds is 4. The number of H-pyrrole nitrogens is 1. The average Bonchev–Trinajstić information content (AvgIpc) is 3.05. The van der Waals surface area contributed by atoms with Gasteiger partial charge in [0.2, 0.25) is 5.91 Å². The molecular formula is C17H20N4O2S. The molecule has 3 aromatic rings. The Labute approximate surface area is 143 Å². The van der Waals surface area contributed by atoms with Gasteiger partial charge in [0.1, 0.15) is 0 Å². The van der Waals surface area contributed by atoms with Crippen LogP contribution in [0.5, 0.6) is 0 Å². The molecular weight excluding hydrogens is 324 g/mol. The maximum absolute atomic E-state index is 12.3. The normalized spacial score (nSPS) is 11.2. The first-order valence-electron chi connectivity index (χ1n) is 7.73. The van der Waals surface area contributed by atoms with E-state index in [2.05, 4.69) is 15.4 Å². The molecule has 3 rings (SSSR count). The van der Waals surface area contributed by atoms with Crippen LogP contribution in [0.25, 0.3) is 11.0 Å². The van der Waals surface area contributed by atoms with Crippen LogP contribution in [0.4, 0.5) is 0 Å². The Morgan fingerprint density at radius 1 is 1.38 bits per heavy atom. The van der Waals surface area contributed by atoms with Gasteiger partial charge in [0.25, 0.3) is 5.56 Å². The minimum atomic E-state index is -0.120. The monoisotopic (exact) mass is 344 g/mol. The number of nitrogens with zero attached hydrogens (tertiary/aromatic N) is 2. The third kappa shape index (κ3) is 2.87. The molecule has 0 radical (unpaired) electrons. The molecule has 0 saturated heterocycles. The van der Waals surface area contributed by atoms with E-state index in [0.29, 0.717) is 17.6 Å². The smallest absolute Gasteiger partial charge is 0.276 e. The molecule has 0 aliphatic rings. The summed E-state index contributed by atoms with van der Waals surface area (Å²) in [6, 6.07) is 2.04. The number of hydrogen-bond donors (Lipinski definition) is 2. The predicted molar refractivity (Wildman–Crippen MR) is 95.4 cm³/mol. The van der Waals surface area contributed by atoms with Crippen molar-refractivity contribution in [1.29, 1.82) is 0 Å². The van der Waals surface area contributed by atoms with Crippen LogP contribution in [-0.4, -0.2) is 20.7 Å². The minimum absolute atomic E-state index is 0.0671. The minimum Gasteiger partial charge on any atom is -0.351 e. The van der Waals surface area contributed by atoms with Gasteiger partial charge in [0.05, 0.1) is 18.4 Å². The van der Waals surface area contributed by atoms with Crippen molar-refractivity contribution >= 4 is 28.3 Å². The molecule has 7 heteroatoms. The fraction of sp³-hybridized carbons (Fsp3) is 0.353. The number of amides is 1. The Hall–Kier alpha value is -2.41. The van der Waals surface area contributed by atoms with Crippen molar-refractivity contribution in [3.8, 4) is 0 Å². The largest absolute Gasteiger partial charge is 0.351 e. The van der Waals surface area contributed by atoms with E-state index < -0.39 is 0 Å². The highest BCUT2D eigenvalue weighted by molar-refractivity contribution is 7.10. The van der Waals surface area contributed by atoms with E-state index in [1.165, 1.54) is 10.2 Å². The highest BCUT2D eigenvalue weighted by Gasteiger charge is 2.17. The Morgan fingerprint density at radius 3 is 2.79 bits per heavy atom. The van der Waals surface area contributed by atoms with Gasteiger partial charge in [-0.2, -0.15) is 0 Å². The van der Waals surface area contributed by atoms with Gasteiger partial charge in [0, 0.05) is 17.6 Å². The number of hydrogen-bond acceptors (Lipinski definition) is 4. The lowest BCUT2D eigenvalue weighted by Crippen LogP contribution is -2.25. The van der Waals surface area contributed by atoms with Crippen molar-refractivity contribution in [2.75, 3.05) is 0 Å². The first kappa shape index (κ1) is 16.4. The van der Waals surface area contributed by atoms with Crippen LogP contribution in [-0.2, 0) is 24.8 Å². The predicted octanol–water partition coefficient (Wildman–Crippen LogP) is 2.11. The van der Waals surface area contributed by atoms with Gasteiger partial charge >= 0.3 is 0 Å². The summed E-state index contributed by atoms with van der Waals surface area (Å²) >= 11 is 1.64. The first-order valence-corrected chi connectivity index (χ1v) is 8.61. The summed E-state index contributed by atoms with van der Waals surface area (Å²) in [6.45, 7) is 6.30. The second-order valence-electron chi connectivity index (χ2n) is 5.98. The number of fused-ring (bicyclic) bond motifs is 1. The number of nitrogens with one attached hydrogen (secondary N) is 2. The van der Waals surface area contributed by atoms with Crippen LogP contribution in [0.15, 0.2) is 16.2 Å². The quantitative estimate of drug-likeness (QED) is 0.761. The van der Waals surface area contributed by atoms with Gasteiger partial charge in [-0.05, 0) is 48.9 Å². The molecule has 0 bridgehead atoms. The molecule has 2 N–H and O–H groups in total. The van der Waals surface area contributed by atoms with E-state index in [0.717, 1.165) is 21.7 Å². The van der Waals surface area contributed by atoms with Crippen molar-refractivity contribution in [1.82, 2.24) is 20.1 Å². The van der Waals surface area contributed by atoms with E-state index >= 15 is 0 Å². The Bertz CT molecular complexity index is 981. The molecule has 1 amide bonds. The second-order valence-corrected chi connectivity index (χ2v) is 6.98. The maximum atomic E-state index is 12.3. The number of aromatic nitrogens is 3. The number of carbonyl (C=O) groups excluding carboxylic acids is 1. The van der Waals surface area contributed by atoms with E-state index in [4.69, 9.17) is 0 Å². The number of aromatic amines is 1. The van der Waals surface area contributed by atoms with Gasteiger partial charge in [-0.1, -0.05) is 0 Å². The van der Waals surface area contributed by atoms with Gasteiger partial charge in [-0.25, -0.2) is 4.98 Å². The number of pyridine rings is 1. The van der Waals surface area contributed by atoms with Crippen LogP contribution in [0.3, 0.4) is 0 Å². The van der Waals surface area contributed by atoms with E-state index in [-0.39, 0.29) is 17.9 Å². The third-order valence-electron chi connectivity index (χ3n) is 4.32. The first-order chi connectivity index (χ1) is 11.4. The highest BCUT2D eigenvalue weighted by atomic mass is 32.1. The molecule has 0 aliphatic heterocycles. The van der Waals surface area contributed by atoms with Crippen LogP contribution in [0, 0.1) is 20.8 Å². The average molecular weight is 344 g/mol. The van der Waals surface area contributed by atoms with Crippen LogP contribution in [0.1, 0.15) is 27.3 Å². The van der Waals surface area contributed by atoms with Crippen molar-refractivity contribution in [3.05, 3.63) is 49.1 Å². The van der Waals surface area contributed by atoms with Gasteiger partial charge in [-0.15, -0.1) is 11.3 Å². The molecule has 0 spiro atoms. The summed E-state index contributed by atoms with van der Waals surface area (Å²) in [5.74, 6) is -0.0671. The van der Waals surface area contributed by atoms with E-state index in [9.17, 15) is 9.59 Å². The molecule has 0 fully saturated rings. The number of thiophene rings is 1. The number of carbonyl (C=O) groups is 1. The lowest BCUT2D eigenvalue weighted by molar-refractivity contribution is -0.120. The molecule has 0 atom stereocenters. The zero-order chi connectivity index (χ0) is 17.4. The topological polar surface area (TPSA) is 79.8 Å². The molecule has 0 aliphatic carbocycles. The molecule has 126 valence electrons. The van der Waals surface area contributed by atoms with Gasteiger partial charge < -0.3 is 5.32 Å². The number of aryl methyl sites for hydroxylation is 4. The summed E-state index contributed by atoms with van der Waals surface area (Å²) in [4.78, 5) is 30.1. The van der Waals surface area contributed by atoms with Crippen LogP contribution >= 0.6 is 11.3 Å². The van der Waals surface area contributed by atoms with Crippen molar-refractivity contribution in [2.45, 2.75) is 33.7 Å². The molecule has 3 heterocycles. The molecule has 6 nitrogen and oxygen atoms in total. The molecule has 3 aromatic heterocycles. The van der Waals surface area contributed by atoms with Crippen LogP contribution < -0.4 is 10.9 Å². The SMILES string of the molecule is Cc1ccsc1CNC(=O)Cc1c(C)nc2[nH]n(C)c(=O)c2c1C. The summed E-state index contributed by atoms with van der Waals surface area (Å²) in [5.41, 5.74) is 4.04. The molecule has 0 unspecified atom stereocenters. The lowest BCUT2D eigenvalue weighted by atomic mass is 10.0. The van der Waals surface area contributed by atoms with Crippen molar-refractivity contribution < 1.29 is 4.79 Å². The fourth-order valence-electron chi connectivity index (χ4n) is 2.86. The molecule has 0 aromatic carbocycles.